The second-order valence-corrected chi connectivity index (χ2v) is 3.51. The normalized spacial score (nSPS) is 24.5. The maximum atomic E-state index is 11.0. The van der Waals surface area contributed by atoms with Gasteiger partial charge in [-0.3, -0.25) is 0 Å². The molecule has 1 aromatic carbocycles. The molecule has 0 saturated carbocycles. The molecule has 1 aliphatic rings. The largest absolute Gasteiger partial charge is 0.497 e. The van der Waals surface area contributed by atoms with Gasteiger partial charge in [-0.15, -0.1) is 0 Å². The summed E-state index contributed by atoms with van der Waals surface area (Å²) < 4.78 is 10.1. The fourth-order valence-corrected chi connectivity index (χ4v) is 1.68. The highest BCUT2D eigenvalue weighted by atomic mass is 16.6. The van der Waals surface area contributed by atoms with Gasteiger partial charge < -0.3 is 14.8 Å². The third-order valence-corrected chi connectivity index (χ3v) is 2.51. The zero-order valence-electron chi connectivity index (χ0n) is 8.69. The van der Waals surface area contributed by atoms with Gasteiger partial charge in [-0.2, -0.15) is 0 Å². The van der Waals surface area contributed by atoms with Gasteiger partial charge in [0.1, 0.15) is 11.9 Å². The van der Waals surface area contributed by atoms with Crippen LogP contribution < -0.4 is 10.1 Å². The Bertz CT molecular complexity index is 361. The lowest BCUT2D eigenvalue weighted by Gasteiger charge is -2.13. The van der Waals surface area contributed by atoms with Crippen molar-refractivity contribution in [2.45, 2.75) is 19.1 Å². The molecule has 2 rings (SSSR count). The van der Waals surface area contributed by atoms with Crippen LogP contribution in [0.5, 0.6) is 5.75 Å². The molecule has 1 aliphatic heterocycles. The molecule has 0 aromatic heterocycles. The second-order valence-electron chi connectivity index (χ2n) is 3.51. The number of nitrogens with one attached hydrogen (secondary N) is 1. The van der Waals surface area contributed by atoms with Crippen molar-refractivity contribution in [3.63, 3.8) is 0 Å². The summed E-state index contributed by atoms with van der Waals surface area (Å²) in [5.41, 5.74) is 1.02. The van der Waals surface area contributed by atoms with E-state index in [1.807, 2.05) is 31.2 Å². The van der Waals surface area contributed by atoms with E-state index in [0.717, 1.165) is 11.3 Å². The maximum absolute atomic E-state index is 11.0. The van der Waals surface area contributed by atoms with Crippen molar-refractivity contribution in [1.29, 1.82) is 0 Å². The average Bonchev–Trinajstić information content (AvgIpc) is 2.58. The van der Waals surface area contributed by atoms with Crippen LogP contribution in [0.4, 0.5) is 4.79 Å². The van der Waals surface area contributed by atoms with E-state index in [0.29, 0.717) is 0 Å². The highest BCUT2D eigenvalue weighted by molar-refractivity contribution is 5.70. The van der Waals surface area contributed by atoms with Crippen LogP contribution in [-0.2, 0) is 4.74 Å². The smallest absolute Gasteiger partial charge is 0.408 e. The van der Waals surface area contributed by atoms with Gasteiger partial charge in [0.15, 0.2) is 0 Å². The van der Waals surface area contributed by atoms with Crippen molar-refractivity contribution in [3.8, 4) is 5.75 Å². The summed E-state index contributed by atoms with van der Waals surface area (Å²) >= 11 is 0. The molecular weight excluding hydrogens is 194 g/mol. The molecule has 0 radical (unpaired) electrons. The van der Waals surface area contributed by atoms with Crippen LogP contribution in [-0.4, -0.2) is 19.3 Å². The van der Waals surface area contributed by atoms with Crippen molar-refractivity contribution in [2.24, 2.45) is 0 Å². The minimum atomic E-state index is -0.358. The van der Waals surface area contributed by atoms with Crippen molar-refractivity contribution < 1.29 is 14.3 Å². The molecule has 4 nitrogen and oxygen atoms in total. The Morgan fingerprint density at radius 3 is 2.47 bits per heavy atom. The Kier molecular flexibility index (Phi) is 2.49. The summed E-state index contributed by atoms with van der Waals surface area (Å²) in [4.78, 5) is 11.0. The molecule has 0 bridgehead atoms. The van der Waals surface area contributed by atoms with Crippen LogP contribution in [0.1, 0.15) is 18.5 Å². The molecule has 80 valence electrons. The number of carbonyl (C=O) groups excluding carboxylic acids is 1. The van der Waals surface area contributed by atoms with Gasteiger partial charge in [0.2, 0.25) is 0 Å². The molecule has 4 heteroatoms. The molecule has 1 saturated heterocycles. The summed E-state index contributed by atoms with van der Waals surface area (Å²) in [5.74, 6) is 0.802. The minimum Gasteiger partial charge on any atom is -0.497 e. The number of amides is 1. The lowest BCUT2D eigenvalue weighted by Crippen LogP contribution is -2.20. The number of methoxy groups -OCH3 is 1. The summed E-state index contributed by atoms with van der Waals surface area (Å²) in [5, 5.41) is 2.76. The molecule has 1 aromatic rings. The molecule has 15 heavy (non-hydrogen) atoms. The minimum absolute atomic E-state index is 0.0663. The van der Waals surface area contributed by atoms with Crippen molar-refractivity contribution in [2.75, 3.05) is 7.11 Å². The number of hydrogen-bond donors (Lipinski definition) is 1. The Morgan fingerprint density at radius 1 is 1.33 bits per heavy atom. The number of hydrogen-bond acceptors (Lipinski definition) is 3. The molecule has 1 fully saturated rings. The number of cyclic esters (lactones) is 1. The third kappa shape index (κ3) is 1.88. The van der Waals surface area contributed by atoms with E-state index >= 15 is 0 Å². The molecule has 1 amide bonds. The summed E-state index contributed by atoms with van der Waals surface area (Å²) in [6.07, 6.45) is -0.491. The Labute approximate surface area is 88.2 Å². The van der Waals surface area contributed by atoms with Gasteiger partial charge in [-0.1, -0.05) is 12.1 Å². The van der Waals surface area contributed by atoms with Crippen LogP contribution in [0.2, 0.25) is 0 Å². The molecule has 0 spiro atoms. The zero-order valence-corrected chi connectivity index (χ0v) is 8.69. The van der Waals surface area contributed by atoms with Crippen LogP contribution in [0, 0.1) is 0 Å². The summed E-state index contributed by atoms with van der Waals surface area (Å²) in [6, 6.07) is 7.52. The Morgan fingerprint density at radius 2 is 2.00 bits per heavy atom. The highest BCUT2D eigenvalue weighted by Crippen LogP contribution is 2.25. The molecule has 2 atom stereocenters. The van der Waals surface area contributed by atoms with E-state index in [1.165, 1.54) is 0 Å². The van der Waals surface area contributed by atoms with Gasteiger partial charge in [-0.05, 0) is 24.6 Å². The number of ether oxygens (including phenoxy) is 2. The van der Waals surface area contributed by atoms with Gasteiger partial charge in [0, 0.05) is 0 Å². The van der Waals surface area contributed by atoms with Gasteiger partial charge in [0.05, 0.1) is 13.2 Å². The molecular formula is C11H13NO3. The number of carbonyl (C=O) groups is 1. The van der Waals surface area contributed by atoms with Gasteiger partial charge >= 0.3 is 6.09 Å². The zero-order chi connectivity index (χ0) is 10.8. The lowest BCUT2D eigenvalue weighted by atomic mass is 10.0. The van der Waals surface area contributed by atoms with Gasteiger partial charge in [-0.25, -0.2) is 4.79 Å². The van der Waals surface area contributed by atoms with Crippen LogP contribution in [0.25, 0.3) is 0 Å². The Balaban J connectivity index is 2.19. The van der Waals surface area contributed by atoms with E-state index in [2.05, 4.69) is 5.32 Å². The van der Waals surface area contributed by atoms with E-state index in [1.54, 1.807) is 7.11 Å². The Hall–Kier alpha value is -1.71. The van der Waals surface area contributed by atoms with Crippen LogP contribution in [0.15, 0.2) is 24.3 Å². The summed E-state index contributed by atoms with van der Waals surface area (Å²) in [7, 11) is 1.62. The molecule has 0 aliphatic carbocycles. The topological polar surface area (TPSA) is 47.6 Å². The molecule has 0 unspecified atom stereocenters. The van der Waals surface area contributed by atoms with E-state index < -0.39 is 0 Å². The highest BCUT2D eigenvalue weighted by Gasteiger charge is 2.31. The van der Waals surface area contributed by atoms with Gasteiger partial charge in [0.25, 0.3) is 0 Å². The monoisotopic (exact) mass is 207 g/mol. The van der Waals surface area contributed by atoms with E-state index in [9.17, 15) is 4.79 Å². The standard InChI is InChI=1S/C11H13NO3/c1-7-10(12-11(13)15-7)8-3-5-9(14-2)6-4-8/h3-7,10H,1-2H3,(H,12,13)/t7-,10+/m1/s1. The number of benzene rings is 1. The SMILES string of the molecule is COc1ccc([C@H]2NC(=O)O[C@@H]2C)cc1. The van der Waals surface area contributed by atoms with Crippen LogP contribution >= 0.6 is 0 Å². The first kappa shape index (κ1) is 9.83. The average molecular weight is 207 g/mol. The fourth-order valence-electron chi connectivity index (χ4n) is 1.68. The second kappa shape index (κ2) is 3.81. The molecule has 1 N–H and O–H groups in total. The number of rotatable bonds is 2. The van der Waals surface area contributed by atoms with E-state index in [4.69, 9.17) is 9.47 Å². The third-order valence-electron chi connectivity index (χ3n) is 2.51. The predicted octanol–water partition coefficient (Wildman–Crippen LogP) is 1.86. The number of alkyl carbamates (subject to hydrolysis) is 1. The fraction of sp³-hybridized carbons (Fsp3) is 0.364. The molecule has 1 heterocycles. The van der Waals surface area contributed by atoms with Crippen molar-refractivity contribution in [1.82, 2.24) is 5.32 Å². The first-order chi connectivity index (χ1) is 7.20. The summed E-state index contributed by atoms with van der Waals surface area (Å²) in [6.45, 7) is 1.87. The van der Waals surface area contributed by atoms with Crippen molar-refractivity contribution in [3.05, 3.63) is 29.8 Å². The quantitative estimate of drug-likeness (QED) is 0.805. The van der Waals surface area contributed by atoms with Crippen molar-refractivity contribution >= 4 is 6.09 Å². The lowest BCUT2D eigenvalue weighted by molar-refractivity contribution is 0.141. The maximum Gasteiger partial charge on any atom is 0.408 e. The predicted molar refractivity (Wildman–Crippen MR) is 54.8 cm³/mol. The first-order valence-electron chi connectivity index (χ1n) is 4.82. The van der Waals surface area contributed by atoms with E-state index in [-0.39, 0.29) is 18.2 Å². The van der Waals surface area contributed by atoms with Crippen LogP contribution in [0.3, 0.4) is 0 Å². The first-order valence-corrected chi connectivity index (χ1v) is 4.82.